The molecule has 1 aliphatic rings. The SMILES string of the molecule is C=C1C=CC(c2ccccc2)=C(n2c3ccccc3c3ccc4c5ccccc5n(-c5nc(-c6ccc(-c7ccccc7)cc6)nc(-c6cccc(-c7ccccc7)c6)n5)c4c32)C1. The van der Waals surface area contributed by atoms with Gasteiger partial charge in [-0.25, -0.2) is 4.98 Å². The van der Waals surface area contributed by atoms with Crippen molar-refractivity contribution in [2.24, 2.45) is 0 Å². The average Bonchev–Trinajstić information content (AvgIpc) is 3.88. The van der Waals surface area contributed by atoms with Gasteiger partial charge in [0.25, 0.3) is 0 Å². The third-order valence-corrected chi connectivity index (χ3v) is 12.3. The van der Waals surface area contributed by atoms with Crippen LogP contribution in [0.25, 0.3) is 106 Å². The number of rotatable bonds is 7. The minimum absolute atomic E-state index is 0.549. The predicted octanol–water partition coefficient (Wildman–Crippen LogP) is 14.6. The van der Waals surface area contributed by atoms with Crippen LogP contribution in [-0.2, 0) is 0 Å². The summed E-state index contributed by atoms with van der Waals surface area (Å²) in [4.78, 5) is 16.1. The summed E-state index contributed by atoms with van der Waals surface area (Å²) < 4.78 is 4.75. The van der Waals surface area contributed by atoms with E-state index < -0.39 is 0 Å². The van der Waals surface area contributed by atoms with Crippen LogP contribution >= 0.6 is 0 Å². The number of aromatic nitrogens is 5. The summed E-state index contributed by atoms with van der Waals surface area (Å²) in [5.41, 5.74) is 15.2. The molecule has 0 N–H and O–H groups in total. The molecule has 12 rings (SSSR count). The van der Waals surface area contributed by atoms with E-state index in [1.165, 1.54) is 16.7 Å². The zero-order valence-electron chi connectivity index (χ0n) is 34.4. The van der Waals surface area contributed by atoms with Gasteiger partial charge in [0, 0.05) is 50.4 Å². The largest absolute Gasteiger partial charge is 0.310 e. The Morgan fingerprint density at radius 2 is 0.841 bits per heavy atom. The third kappa shape index (κ3) is 6.21. The molecule has 3 aromatic heterocycles. The van der Waals surface area contributed by atoms with Crippen molar-refractivity contribution >= 4 is 54.9 Å². The molecule has 0 unspecified atom stereocenters. The highest BCUT2D eigenvalue weighted by Crippen LogP contribution is 2.44. The Balaban J connectivity index is 1.18. The van der Waals surface area contributed by atoms with Gasteiger partial charge in [0.05, 0.1) is 22.1 Å². The van der Waals surface area contributed by atoms with Gasteiger partial charge >= 0.3 is 0 Å². The van der Waals surface area contributed by atoms with Crippen LogP contribution < -0.4 is 0 Å². The molecule has 0 aliphatic heterocycles. The second-order valence-electron chi connectivity index (χ2n) is 16.1. The lowest BCUT2D eigenvalue weighted by atomic mass is 9.94. The second kappa shape index (κ2) is 14.9. The van der Waals surface area contributed by atoms with Gasteiger partial charge in [0.1, 0.15) is 0 Å². The zero-order chi connectivity index (χ0) is 41.9. The summed E-state index contributed by atoms with van der Waals surface area (Å²) in [6, 6.07) is 70.5. The molecule has 0 spiro atoms. The fraction of sp³-hybridized carbons (Fsp3) is 0.0172. The molecule has 296 valence electrons. The van der Waals surface area contributed by atoms with Crippen LogP contribution in [0.3, 0.4) is 0 Å². The van der Waals surface area contributed by atoms with Gasteiger partial charge < -0.3 is 4.57 Å². The highest BCUT2D eigenvalue weighted by molar-refractivity contribution is 6.24. The van der Waals surface area contributed by atoms with E-state index >= 15 is 0 Å². The van der Waals surface area contributed by atoms with Crippen LogP contribution in [0.1, 0.15) is 12.0 Å². The molecule has 0 saturated heterocycles. The topological polar surface area (TPSA) is 48.5 Å². The van der Waals surface area contributed by atoms with E-state index in [2.05, 4.69) is 216 Å². The minimum Gasteiger partial charge on any atom is -0.310 e. The maximum Gasteiger partial charge on any atom is 0.238 e. The molecule has 5 heteroatoms. The normalized spacial score (nSPS) is 12.9. The molecule has 0 atom stereocenters. The van der Waals surface area contributed by atoms with Crippen molar-refractivity contribution in [3.63, 3.8) is 0 Å². The summed E-state index contributed by atoms with van der Waals surface area (Å²) in [7, 11) is 0. The summed E-state index contributed by atoms with van der Waals surface area (Å²) >= 11 is 0. The van der Waals surface area contributed by atoms with Gasteiger partial charge in [-0.1, -0.05) is 201 Å². The van der Waals surface area contributed by atoms with Crippen LogP contribution in [0.2, 0.25) is 0 Å². The summed E-state index contributed by atoms with van der Waals surface area (Å²) in [5.74, 6) is 1.75. The molecule has 0 radical (unpaired) electrons. The van der Waals surface area contributed by atoms with Crippen molar-refractivity contribution in [3.05, 3.63) is 230 Å². The number of fused-ring (bicyclic) bond motifs is 7. The van der Waals surface area contributed by atoms with Crippen molar-refractivity contribution in [2.75, 3.05) is 0 Å². The molecule has 3 heterocycles. The van der Waals surface area contributed by atoms with Gasteiger partial charge in [0.2, 0.25) is 5.95 Å². The third-order valence-electron chi connectivity index (χ3n) is 12.3. The number of nitrogens with zero attached hydrogens (tertiary/aromatic N) is 5. The minimum atomic E-state index is 0.549. The van der Waals surface area contributed by atoms with E-state index in [-0.39, 0.29) is 0 Å². The average molecular weight is 806 g/mol. The van der Waals surface area contributed by atoms with Crippen LogP contribution in [0.5, 0.6) is 0 Å². The Bertz CT molecular complexity index is 3630. The van der Waals surface area contributed by atoms with Gasteiger partial charge in [-0.05, 0) is 51.6 Å². The van der Waals surface area contributed by atoms with E-state index in [4.69, 9.17) is 15.0 Å². The predicted molar refractivity (Wildman–Crippen MR) is 261 cm³/mol. The maximum absolute atomic E-state index is 5.44. The van der Waals surface area contributed by atoms with Crippen LogP contribution in [0.15, 0.2) is 224 Å². The molecule has 8 aromatic carbocycles. The molecule has 0 amide bonds. The van der Waals surface area contributed by atoms with Crippen molar-refractivity contribution in [1.29, 1.82) is 0 Å². The van der Waals surface area contributed by atoms with Crippen LogP contribution in [0.4, 0.5) is 0 Å². The number of hydrogen-bond donors (Lipinski definition) is 0. The van der Waals surface area contributed by atoms with Gasteiger partial charge in [-0.2, -0.15) is 9.97 Å². The van der Waals surface area contributed by atoms with E-state index in [1.807, 2.05) is 12.1 Å². The first-order valence-corrected chi connectivity index (χ1v) is 21.3. The summed E-state index contributed by atoms with van der Waals surface area (Å²) in [6.45, 7) is 4.48. The quantitative estimate of drug-likeness (QED) is 0.161. The van der Waals surface area contributed by atoms with Crippen LogP contribution in [-0.4, -0.2) is 24.1 Å². The lowest BCUT2D eigenvalue weighted by Gasteiger charge is -2.21. The fourth-order valence-corrected chi connectivity index (χ4v) is 9.37. The Hall–Kier alpha value is -8.41. The van der Waals surface area contributed by atoms with Crippen molar-refractivity contribution in [2.45, 2.75) is 6.42 Å². The molecular formula is C58H39N5. The molecule has 0 fully saturated rings. The van der Waals surface area contributed by atoms with Crippen molar-refractivity contribution in [3.8, 4) is 51.0 Å². The highest BCUT2D eigenvalue weighted by atomic mass is 15.2. The molecule has 11 aromatic rings. The second-order valence-corrected chi connectivity index (χ2v) is 16.1. The molecular weight excluding hydrogens is 767 g/mol. The number of para-hydroxylation sites is 2. The summed E-state index contributed by atoms with van der Waals surface area (Å²) in [6.07, 6.45) is 5.07. The Labute approximate surface area is 364 Å². The molecule has 0 saturated carbocycles. The van der Waals surface area contributed by atoms with E-state index in [0.29, 0.717) is 24.0 Å². The van der Waals surface area contributed by atoms with Crippen molar-refractivity contribution < 1.29 is 0 Å². The van der Waals surface area contributed by atoms with Gasteiger partial charge in [0.15, 0.2) is 11.6 Å². The lowest BCUT2D eigenvalue weighted by Crippen LogP contribution is -2.08. The highest BCUT2D eigenvalue weighted by Gasteiger charge is 2.26. The number of allylic oxidation sites excluding steroid dienone is 5. The van der Waals surface area contributed by atoms with E-state index in [0.717, 1.165) is 82.7 Å². The first-order valence-electron chi connectivity index (χ1n) is 21.3. The van der Waals surface area contributed by atoms with Gasteiger partial charge in [-0.3, -0.25) is 4.57 Å². The lowest BCUT2D eigenvalue weighted by molar-refractivity contribution is 0.953. The monoisotopic (exact) mass is 805 g/mol. The standard InChI is InChI=1S/C58H39N5/c1-38-28-33-46(42-20-9-4-10-21-42)53(36-38)62-51-26-13-11-24-47(51)49-34-35-50-48-25-12-14-27-52(48)63(55(50)54(49)62)58-60-56(43-31-29-41(30-32-43)39-16-5-2-6-17-39)59-57(61-58)45-23-15-22-44(37-45)40-18-7-3-8-19-40/h2-35,37H,1,36H2. The first-order chi connectivity index (χ1) is 31.2. The smallest absolute Gasteiger partial charge is 0.238 e. The van der Waals surface area contributed by atoms with E-state index in [9.17, 15) is 0 Å². The fourth-order valence-electron chi connectivity index (χ4n) is 9.37. The maximum atomic E-state index is 5.44. The molecule has 1 aliphatic carbocycles. The Kier molecular flexibility index (Phi) is 8.64. The molecule has 63 heavy (non-hydrogen) atoms. The Morgan fingerprint density at radius 3 is 1.49 bits per heavy atom. The number of hydrogen-bond acceptors (Lipinski definition) is 3. The molecule has 5 nitrogen and oxygen atoms in total. The van der Waals surface area contributed by atoms with E-state index in [1.54, 1.807) is 0 Å². The zero-order valence-corrected chi connectivity index (χ0v) is 34.4. The van der Waals surface area contributed by atoms with Crippen LogP contribution in [0, 0.1) is 0 Å². The summed E-state index contributed by atoms with van der Waals surface area (Å²) in [5, 5.41) is 4.58. The number of benzene rings is 8. The van der Waals surface area contributed by atoms with Gasteiger partial charge in [-0.15, -0.1) is 0 Å². The van der Waals surface area contributed by atoms with Crippen molar-refractivity contribution in [1.82, 2.24) is 24.1 Å². The Morgan fingerprint density at radius 1 is 0.365 bits per heavy atom. The molecule has 0 bridgehead atoms. The first kappa shape index (κ1) is 36.4.